The largest absolute Gasteiger partial charge is 0.298 e. The van der Waals surface area contributed by atoms with Crippen LogP contribution in [0.2, 0.25) is 0 Å². The molecule has 0 saturated carbocycles. The number of hydrogen-bond donors (Lipinski definition) is 0. The standard InChI is InChI=1S/C11H9BrN2O/c1-8-4-5-14(13-8)11-3-2-9(7-15)6-10(11)12/h2-7H,1H3. The first-order valence-electron chi connectivity index (χ1n) is 4.48. The SMILES string of the molecule is Cc1ccn(-c2ccc(C=O)cc2Br)n1. The third-order valence-electron chi connectivity index (χ3n) is 2.08. The van der Waals surface area contributed by atoms with Crippen LogP contribution in [0.3, 0.4) is 0 Å². The van der Waals surface area contributed by atoms with Gasteiger partial charge in [0.25, 0.3) is 0 Å². The highest BCUT2D eigenvalue weighted by atomic mass is 79.9. The van der Waals surface area contributed by atoms with Crippen molar-refractivity contribution in [1.82, 2.24) is 9.78 Å². The number of carbonyl (C=O) groups is 1. The summed E-state index contributed by atoms with van der Waals surface area (Å²) in [7, 11) is 0. The highest BCUT2D eigenvalue weighted by Crippen LogP contribution is 2.21. The van der Waals surface area contributed by atoms with E-state index in [1.807, 2.05) is 25.3 Å². The minimum atomic E-state index is 0.648. The lowest BCUT2D eigenvalue weighted by atomic mass is 10.2. The van der Waals surface area contributed by atoms with Crippen molar-refractivity contribution < 1.29 is 4.79 Å². The lowest BCUT2D eigenvalue weighted by molar-refractivity contribution is 0.112. The molecule has 4 heteroatoms. The van der Waals surface area contributed by atoms with E-state index in [9.17, 15) is 4.79 Å². The molecule has 0 radical (unpaired) electrons. The molecular formula is C11H9BrN2O. The van der Waals surface area contributed by atoms with Gasteiger partial charge in [-0.25, -0.2) is 4.68 Å². The predicted octanol–water partition coefficient (Wildman–Crippen LogP) is 2.76. The molecule has 1 aromatic carbocycles. The molecule has 76 valence electrons. The molecular weight excluding hydrogens is 256 g/mol. The van der Waals surface area contributed by atoms with Crippen LogP contribution < -0.4 is 0 Å². The fourth-order valence-electron chi connectivity index (χ4n) is 1.33. The summed E-state index contributed by atoms with van der Waals surface area (Å²) in [6, 6.07) is 7.34. The number of rotatable bonds is 2. The zero-order valence-electron chi connectivity index (χ0n) is 8.14. The maximum absolute atomic E-state index is 10.6. The lowest BCUT2D eigenvalue weighted by Crippen LogP contribution is -1.96. The van der Waals surface area contributed by atoms with E-state index in [4.69, 9.17) is 0 Å². The monoisotopic (exact) mass is 264 g/mol. The second-order valence-electron chi connectivity index (χ2n) is 3.23. The third kappa shape index (κ3) is 1.99. The molecule has 2 aromatic rings. The third-order valence-corrected chi connectivity index (χ3v) is 2.71. The zero-order chi connectivity index (χ0) is 10.8. The Morgan fingerprint density at radius 1 is 1.40 bits per heavy atom. The fourth-order valence-corrected chi connectivity index (χ4v) is 1.91. The maximum Gasteiger partial charge on any atom is 0.150 e. The van der Waals surface area contributed by atoms with Gasteiger partial charge in [0.2, 0.25) is 0 Å². The second kappa shape index (κ2) is 3.98. The Hall–Kier alpha value is -1.42. The molecule has 0 unspecified atom stereocenters. The van der Waals surface area contributed by atoms with Crippen LogP contribution in [0.1, 0.15) is 16.1 Å². The van der Waals surface area contributed by atoms with Crippen molar-refractivity contribution in [1.29, 1.82) is 0 Å². The molecule has 15 heavy (non-hydrogen) atoms. The minimum Gasteiger partial charge on any atom is -0.298 e. The summed E-state index contributed by atoms with van der Waals surface area (Å²) >= 11 is 3.41. The summed E-state index contributed by atoms with van der Waals surface area (Å²) in [6.45, 7) is 1.93. The molecule has 0 aliphatic heterocycles. The number of aromatic nitrogens is 2. The van der Waals surface area contributed by atoms with Crippen molar-refractivity contribution in [2.45, 2.75) is 6.92 Å². The van der Waals surface area contributed by atoms with Gasteiger partial charge in [0.05, 0.1) is 11.4 Å². The van der Waals surface area contributed by atoms with E-state index in [1.165, 1.54) is 0 Å². The van der Waals surface area contributed by atoms with Gasteiger partial charge in [-0.15, -0.1) is 0 Å². The van der Waals surface area contributed by atoms with E-state index in [0.717, 1.165) is 22.1 Å². The van der Waals surface area contributed by atoms with Crippen LogP contribution in [0.25, 0.3) is 5.69 Å². The van der Waals surface area contributed by atoms with Crippen LogP contribution >= 0.6 is 15.9 Å². The van der Waals surface area contributed by atoms with Crippen molar-refractivity contribution in [3.05, 3.63) is 46.2 Å². The molecule has 1 aromatic heterocycles. The number of benzene rings is 1. The number of nitrogens with zero attached hydrogens (tertiary/aromatic N) is 2. The minimum absolute atomic E-state index is 0.648. The average molecular weight is 265 g/mol. The highest BCUT2D eigenvalue weighted by Gasteiger charge is 2.04. The van der Waals surface area contributed by atoms with Crippen LogP contribution in [-0.2, 0) is 0 Å². The summed E-state index contributed by atoms with van der Waals surface area (Å²) in [6.07, 6.45) is 2.71. The van der Waals surface area contributed by atoms with Crippen molar-refractivity contribution in [2.75, 3.05) is 0 Å². The Labute approximate surface area is 95.9 Å². The normalized spacial score (nSPS) is 10.3. The van der Waals surface area contributed by atoms with E-state index in [-0.39, 0.29) is 0 Å². The second-order valence-corrected chi connectivity index (χ2v) is 4.08. The smallest absolute Gasteiger partial charge is 0.150 e. The molecule has 2 rings (SSSR count). The molecule has 0 fully saturated rings. The van der Waals surface area contributed by atoms with Crippen LogP contribution in [0.4, 0.5) is 0 Å². The quantitative estimate of drug-likeness (QED) is 0.782. The molecule has 0 N–H and O–H groups in total. The van der Waals surface area contributed by atoms with Gasteiger partial charge in [0, 0.05) is 16.2 Å². The Morgan fingerprint density at radius 2 is 2.20 bits per heavy atom. The summed E-state index contributed by atoms with van der Waals surface area (Å²) in [5.41, 5.74) is 2.53. The van der Waals surface area contributed by atoms with Gasteiger partial charge in [-0.1, -0.05) is 0 Å². The number of aldehydes is 1. The number of halogens is 1. The molecule has 0 bridgehead atoms. The summed E-state index contributed by atoms with van der Waals surface area (Å²) in [5.74, 6) is 0. The molecule has 1 heterocycles. The van der Waals surface area contributed by atoms with Gasteiger partial charge >= 0.3 is 0 Å². The van der Waals surface area contributed by atoms with Crippen LogP contribution in [0, 0.1) is 6.92 Å². The van der Waals surface area contributed by atoms with E-state index in [1.54, 1.807) is 16.8 Å². The maximum atomic E-state index is 10.6. The molecule has 0 amide bonds. The van der Waals surface area contributed by atoms with Gasteiger partial charge in [-0.3, -0.25) is 4.79 Å². The molecule has 0 aliphatic carbocycles. The lowest BCUT2D eigenvalue weighted by Gasteiger charge is -2.04. The molecule has 0 atom stereocenters. The van der Waals surface area contributed by atoms with Gasteiger partial charge in [-0.05, 0) is 47.1 Å². The van der Waals surface area contributed by atoms with Gasteiger partial charge in [0.15, 0.2) is 0 Å². The Kier molecular flexibility index (Phi) is 2.68. The Bertz CT molecular complexity index is 505. The van der Waals surface area contributed by atoms with Crippen molar-refractivity contribution in [3.8, 4) is 5.69 Å². The van der Waals surface area contributed by atoms with Gasteiger partial charge in [-0.2, -0.15) is 5.10 Å². The first kappa shape index (κ1) is 10.1. The summed E-state index contributed by atoms with van der Waals surface area (Å²) in [5, 5.41) is 4.30. The molecule has 0 aliphatic rings. The van der Waals surface area contributed by atoms with E-state index in [2.05, 4.69) is 21.0 Å². The van der Waals surface area contributed by atoms with Crippen molar-refractivity contribution in [3.63, 3.8) is 0 Å². The number of aryl methyl sites for hydroxylation is 1. The van der Waals surface area contributed by atoms with E-state index < -0.39 is 0 Å². The molecule has 0 spiro atoms. The Morgan fingerprint density at radius 3 is 2.73 bits per heavy atom. The Balaban J connectivity index is 2.49. The highest BCUT2D eigenvalue weighted by molar-refractivity contribution is 9.10. The summed E-state index contributed by atoms with van der Waals surface area (Å²) < 4.78 is 2.63. The fraction of sp³-hybridized carbons (Fsp3) is 0.0909. The molecule has 0 saturated heterocycles. The van der Waals surface area contributed by atoms with Crippen LogP contribution in [0.15, 0.2) is 34.9 Å². The van der Waals surface area contributed by atoms with Gasteiger partial charge in [0.1, 0.15) is 6.29 Å². The van der Waals surface area contributed by atoms with Crippen molar-refractivity contribution in [2.24, 2.45) is 0 Å². The van der Waals surface area contributed by atoms with E-state index >= 15 is 0 Å². The zero-order valence-corrected chi connectivity index (χ0v) is 9.73. The van der Waals surface area contributed by atoms with Crippen molar-refractivity contribution >= 4 is 22.2 Å². The molecule has 3 nitrogen and oxygen atoms in total. The summed E-state index contributed by atoms with van der Waals surface area (Å²) in [4.78, 5) is 10.6. The number of carbonyl (C=O) groups excluding carboxylic acids is 1. The predicted molar refractivity (Wildman–Crippen MR) is 61.4 cm³/mol. The van der Waals surface area contributed by atoms with Crippen LogP contribution in [0.5, 0.6) is 0 Å². The average Bonchev–Trinajstić information content (AvgIpc) is 2.64. The van der Waals surface area contributed by atoms with E-state index in [0.29, 0.717) is 5.56 Å². The topological polar surface area (TPSA) is 34.9 Å². The van der Waals surface area contributed by atoms with Crippen LogP contribution in [-0.4, -0.2) is 16.1 Å². The number of hydrogen-bond acceptors (Lipinski definition) is 2. The first-order valence-corrected chi connectivity index (χ1v) is 5.27. The first-order chi connectivity index (χ1) is 7.20. The van der Waals surface area contributed by atoms with Gasteiger partial charge < -0.3 is 0 Å².